The molecule has 0 aliphatic carbocycles. The van der Waals surface area contributed by atoms with Crippen LogP contribution in [0.1, 0.15) is 19.3 Å². The van der Waals surface area contributed by atoms with Gasteiger partial charge in [-0.3, -0.25) is 9.59 Å². The molecule has 0 radical (unpaired) electrons. The maximum absolute atomic E-state index is 12.3. The van der Waals surface area contributed by atoms with E-state index in [0.717, 1.165) is 25.8 Å². The largest absolute Gasteiger partial charge is 0.375 e. The second-order valence-electron chi connectivity index (χ2n) is 5.14. The van der Waals surface area contributed by atoms with Gasteiger partial charge in [0, 0.05) is 33.3 Å². The fourth-order valence-corrected chi connectivity index (χ4v) is 2.67. The van der Waals surface area contributed by atoms with Crippen LogP contribution in [-0.4, -0.2) is 74.1 Å². The number of hydrogen-bond acceptors (Lipinski definition) is 4. The van der Waals surface area contributed by atoms with Crippen LogP contribution in [0.25, 0.3) is 0 Å². The summed E-state index contributed by atoms with van der Waals surface area (Å²) in [6.45, 7) is 3.54. The van der Waals surface area contributed by atoms with Crippen LogP contribution in [0.4, 0.5) is 0 Å². The topological polar surface area (TPSA) is 61.9 Å². The Bertz CT molecular complexity index is 327. The van der Waals surface area contributed by atoms with Crippen LogP contribution < -0.4 is 5.32 Å². The standard InChI is InChI=1S/C13H23N3O3.ClH/c1-19-10-12(17)15-6-8-16(9-7-15)13(18)11-4-2-3-5-14-11;/h11,14H,2-10H2,1H3;1H/t11-;/m0./s1. The molecule has 2 saturated heterocycles. The molecule has 2 heterocycles. The number of rotatable bonds is 3. The lowest BCUT2D eigenvalue weighted by atomic mass is 10.0. The van der Waals surface area contributed by atoms with Crippen molar-refractivity contribution >= 4 is 24.2 Å². The summed E-state index contributed by atoms with van der Waals surface area (Å²) in [6, 6.07) is -0.0185. The molecule has 116 valence electrons. The highest BCUT2D eigenvalue weighted by Gasteiger charge is 2.29. The number of halogens is 1. The molecule has 2 rings (SSSR count). The highest BCUT2D eigenvalue weighted by molar-refractivity contribution is 5.85. The molecule has 2 fully saturated rings. The molecule has 2 aliphatic heterocycles. The molecule has 6 nitrogen and oxygen atoms in total. The number of carbonyl (C=O) groups is 2. The van der Waals surface area contributed by atoms with E-state index in [1.807, 2.05) is 4.90 Å². The van der Waals surface area contributed by atoms with Crippen LogP contribution in [-0.2, 0) is 14.3 Å². The van der Waals surface area contributed by atoms with Crippen molar-refractivity contribution in [1.82, 2.24) is 15.1 Å². The number of carbonyl (C=O) groups excluding carboxylic acids is 2. The van der Waals surface area contributed by atoms with Crippen molar-refractivity contribution in [3.8, 4) is 0 Å². The van der Waals surface area contributed by atoms with E-state index in [0.29, 0.717) is 26.2 Å². The lowest BCUT2D eigenvalue weighted by Gasteiger charge is -2.37. The van der Waals surface area contributed by atoms with Crippen LogP contribution >= 0.6 is 12.4 Å². The number of nitrogens with one attached hydrogen (secondary N) is 1. The minimum atomic E-state index is -0.0185. The third-order valence-corrected chi connectivity index (χ3v) is 3.82. The fraction of sp³-hybridized carbons (Fsp3) is 0.846. The number of hydrogen-bond donors (Lipinski definition) is 1. The van der Waals surface area contributed by atoms with E-state index in [1.54, 1.807) is 4.90 Å². The van der Waals surface area contributed by atoms with Crippen LogP contribution in [0.15, 0.2) is 0 Å². The van der Waals surface area contributed by atoms with E-state index in [9.17, 15) is 9.59 Å². The molecule has 0 spiro atoms. The minimum Gasteiger partial charge on any atom is -0.375 e. The van der Waals surface area contributed by atoms with Crippen molar-refractivity contribution in [3.05, 3.63) is 0 Å². The van der Waals surface area contributed by atoms with Crippen LogP contribution in [0.3, 0.4) is 0 Å². The lowest BCUT2D eigenvalue weighted by Crippen LogP contribution is -2.56. The number of piperidine rings is 1. The van der Waals surface area contributed by atoms with Gasteiger partial charge in [0.2, 0.25) is 11.8 Å². The summed E-state index contributed by atoms with van der Waals surface area (Å²) in [6.07, 6.45) is 3.21. The zero-order chi connectivity index (χ0) is 13.7. The molecular weight excluding hydrogens is 282 g/mol. The summed E-state index contributed by atoms with van der Waals surface area (Å²) >= 11 is 0. The van der Waals surface area contributed by atoms with Gasteiger partial charge in [0.15, 0.2) is 0 Å². The van der Waals surface area contributed by atoms with E-state index >= 15 is 0 Å². The van der Waals surface area contributed by atoms with E-state index in [1.165, 1.54) is 7.11 Å². The van der Waals surface area contributed by atoms with Gasteiger partial charge in [-0.1, -0.05) is 6.42 Å². The van der Waals surface area contributed by atoms with Gasteiger partial charge in [0.1, 0.15) is 6.61 Å². The van der Waals surface area contributed by atoms with Crippen molar-refractivity contribution in [2.45, 2.75) is 25.3 Å². The Morgan fingerprint density at radius 3 is 2.35 bits per heavy atom. The highest BCUT2D eigenvalue weighted by atomic mass is 35.5. The van der Waals surface area contributed by atoms with Crippen molar-refractivity contribution in [3.63, 3.8) is 0 Å². The summed E-state index contributed by atoms with van der Waals surface area (Å²) in [5.41, 5.74) is 0. The molecule has 0 bridgehead atoms. The quantitative estimate of drug-likeness (QED) is 0.789. The highest BCUT2D eigenvalue weighted by Crippen LogP contribution is 2.12. The maximum Gasteiger partial charge on any atom is 0.248 e. The zero-order valence-corrected chi connectivity index (χ0v) is 12.8. The summed E-state index contributed by atoms with van der Waals surface area (Å²) in [4.78, 5) is 27.6. The molecule has 0 unspecified atom stereocenters. The first-order chi connectivity index (χ1) is 9.22. The lowest BCUT2D eigenvalue weighted by molar-refractivity contribution is -0.143. The number of piperazine rings is 1. The van der Waals surface area contributed by atoms with E-state index in [2.05, 4.69) is 5.32 Å². The third kappa shape index (κ3) is 4.33. The Hall–Kier alpha value is -0.850. The molecule has 1 atom stereocenters. The van der Waals surface area contributed by atoms with Gasteiger partial charge in [0.05, 0.1) is 6.04 Å². The molecule has 7 heteroatoms. The van der Waals surface area contributed by atoms with Crippen LogP contribution in [0.5, 0.6) is 0 Å². The first-order valence-electron chi connectivity index (χ1n) is 7.01. The van der Waals surface area contributed by atoms with Gasteiger partial charge < -0.3 is 19.9 Å². The predicted molar refractivity (Wildman–Crippen MR) is 77.9 cm³/mol. The second kappa shape index (κ2) is 8.44. The van der Waals surface area contributed by atoms with Crippen molar-refractivity contribution in [1.29, 1.82) is 0 Å². The van der Waals surface area contributed by atoms with E-state index < -0.39 is 0 Å². The molecule has 0 aromatic rings. The first kappa shape index (κ1) is 17.2. The smallest absolute Gasteiger partial charge is 0.248 e. The van der Waals surface area contributed by atoms with Gasteiger partial charge >= 0.3 is 0 Å². The molecule has 20 heavy (non-hydrogen) atoms. The Morgan fingerprint density at radius 1 is 1.15 bits per heavy atom. The molecule has 1 N–H and O–H groups in total. The SMILES string of the molecule is COCC(=O)N1CCN(C(=O)[C@@H]2CCCCN2)CC1.Cl. The van der Waals surface area contributed by atoms with Gasteiger partial charge in [0.25, 0.3) is 0 Å². The van der Waals surface area contributed by atoms with Gasteiger partial charge in [-0.25, -0.2) is 0 Å². The van der Waals surface area contributed by atoms with E-state index in [4.69, 9.17) is 4.74 Å². The number of nitrogens with zero attached hydrogens (tertiary/aromatic N) is 2. The fourth-order valence-electron chi connectivity index (χ4n) is 2.67. The summed E-state index contributed by atoms with van der Waals surface area (Å²) < 4.78 is 4.84. The maximum atomic E-state index is 12.3. The molecule has 2 aliphatic rings. The van der Waals surface area contributed by atoms with Gasteiger partial charge in [-0.15, -0.1) is 12.4 Å². The monoisotopic (exact) mass is 305 g/mol. The Balaban J connectivity index is 0.00000200. The normalized spacial score (nSPS) is 23.1. The number of ether oxygens (including phenoxy) is 1. The predicted octanol–water partition coefficient (Wildman–Crippen LogP) is -0.132. The average molecular weight is 306 g/mol. The number of methoxy groups -OCH3 is 1. The molecular formula is C13H24ClN3O3. The van der Waals surface area contributed by atoms with Crippen LogP contribution in [0, 0.1) is 0 Å². The van der Waals surface area contributed by atoms with Crippen molar-refractivity contribution < 1.29 is 14.3 Å². The summed E-state index contributed by atoms with van der Waals surface area (Å²) in [5.74, 6) is 0.198. The third-order valence-electron chi connectivity index (χ3n) is 3.82. The summed E-state index contributed by atoms with van der Waals surface area (Å²) in [7, 11) is 1.52. The Morgan fingerprint density at radius 2 is 1.80 bits per heavy atom. The molecule has 0 aromatic carbocycles. The second-order valence-corrected chi connectivity index (χ2v) is 5.14. The Labute approximate surface area is 126 Å². The molecule has 0 saturated carbocycles. The first-order valence-corrected chi connectivity index (χ1v) is 7.01. The zero-order valence-electron chi connectivity index (χ0n) is 12.0. The van der Waals surface area contributed by atoms with Gasteiger partial charge in [-0.2, -0.15) is 0 Å². The van der Waals surface area contributed by atoms with Gasteiger partial charge in [-0.05, 0) is 19.4 Å². The van der Waals surface area contributed by atoms with Crippen LogP contribution in [0.2, 0.25) is 0 Å². The average Bonchev–Trinajstić information content (AvgIpc) is 2.48. The molecule has 0 aromatic heterocycles. The Kier molecular flexibility index (Phi) is 7.26. The summed E-state index contributed by atoms with van der Waals surface area (Å²) in [5, 5.41) is 3.28. The number of amides is 2. The molecule has 2 amide bonds. The van der Waals surface area contributed by atoms with Crippen molar-refractivity contribution in [2.24, 2.45) is 0 Å². The van der Waals surface area contributed by atoms with Crippen molar-refractivity contribution in [2.75, 3.05) is 46.4 Å². The van der Waals surface area contributed by atoms with E-state index in [-0.39, 0.29) is 36.9 Å². The minimum absolute atomic E-state index is 0.